The molecule has 0 unspecified atom stereocenters. The van der Waals surface area contributed by atoms with Crippen molar-refractivity contribution in [3.63, 3.8) is 0 Å². The van der Waals surface area contributed by atoms with Gasteiger partial charge in [0.25, 0.3) is 0 Å². The molecule has 152 valence electrons. The summed E-state index contributed by atoms with van der Waals surface area (Å²) in [5, 5.41) is 0. The highest BCUT2D eigenvalue weighted by Gasteiger charge is 2.15. The highest BCUT2D eigenvalue weighted by atomic mass is 32.2. The lowest BCUT2D eigenvalue weighted by Gasteiger charge is -2.08. The first kappa shape index (κ1) is 21.1. The summed E-state index contributed by atoms with van der Waals surface area (Å²) in [5.41, 5.74) is 0.735. The van der Waals surface area contributed by atoms with E-state index in [0.717, 1.165) is 15.1 Å². The van der Waals surface area contributed by atoms with Crippen molar-refractivity contribution in [2.24, 2.45) is 4.99 Å². The van der Waals surface area contributed by atoms with Crippen LogP contribution in [-0.4, -0.2) is 35.9 Å². The fourth-order valence-corrected chi connectivity index (χ4v) is 4.69. The molecule has 1 amide bonds. The summed E-state index contributed by atoms with van der Waals surface area (Å²) in [6.07, 6.45) is 0.310. The van der Waals surface area contributed by atoms with Gasteiger partial charge in [-0.15, -0.1) is 11.8 Å². The predicted octanol–water partition coefficient (Wildman–Crippen LogP) is 3.88. The molecular weight excluding hydrogens is 408 g/mol. The maximum atomic E-state index is 12.5. The highest BCUT2D eigenvalue weighted by molar-refractivity contribution is 7.99. The van der Waals surface area contributed by atoms with E-state index in [4.69, 9.17) is 9.47 Å². The van der Waals surface area contributed by atoms with Crippen LogP contribution in [0.1, 0.15) is 13.3 Å². The van der Waals surface area contributed by atoms with Crippen molar-refractivity contribution in [1.29, 1.82) is 0 Å². The zero-order valence-corrected chi connectivity index (χ0v) is 17.9. The smallest absolute Gasteiger partial charge is 0.326 e. The number of methoxy groups -OCH3 is 1. The number of rotatable bonds is 8. The van der Waals surface area contributed by atoms with Gasteiger partial charge in [0.05, 0.1) is 18.4 Å². The van der Waals surface area contributed by atoms with Crippen molar-refractivity contribution >= 4 is 45.2 Å². The van der Waals surface area contributed by atoms with Gasteiger partial charge in [0.15, 0.2) is 4.80 Å². The zero-order chi connectivity index (χ0) is 20.6. The van der Waals surface area contributed by atoms with Gasteiger partial charge in [0.1, 0.15) is 17.8 Å². The van der Waals surface area contributed by atoms with Crippen LogP contribution in [0.5, 0.6) is 5.75 Å². The number of carbonyl (C=O) groups excluding carboxylic acids is 2. The Morgan fingerprint density at radius 3 is 2.66 bits per heavy atom. The van der Waals surface area contributed by atoms with Gasteiger partial charge in [-0.25, -0.2) is 0 Å². The third-order valence-corrected chi connectivity index (χ3v) is 6.08. The van der Waals surface area contributed by atoms with Crippen LogP contribution in [0.3, 0.4) is 0 Å². The van der Waals surface area contributed by atoms with Gasteiger partial charge >= 0.3 is 5.97 Å². The SMILES string of the molecule is CCOC(=O)Cn1c(=NC(=O)CCSc2ccccc2)sc2cccc(OC)c21. The Morgan fingerprint density at radius 1 is 1.14 bits per heavy atom. The van der Waals surface area contributed by atoms with E-state index in [0.29, 0.717) is 29.3 Å². The molecule has 0 saturated heterocycles. The van der Waals surface area contributed by atoms with Crippen LogP contribution in [0.15, 0.2) is 58.4 Å². The molecule has 0 saturated carbocycles. The lowest BCUT2D eigenvalue weighted by atomic mass is 10.3. The second-order valence-electron chi connectivity index (χ2n) is 6.00. The lowest BCUT2D eigenvalue weighted by Crippen LogP contribution is -2.23. The van der Waals surface area contributed by atoms with E-state index in [2.05, 4.69) is 4.99 Å². The van der Waals surface area contributed by atoms with Gasteiger partial charge in [0, 0.05) is 17.1 Å². The molecule has 0 bridgehead atoms. The topological polar surface area (TPSA) is 69.9 Å². The molecule has 0 fully saturated rings. The van der Waals surface area contributed by atoms with Crippen LogP contribution in [0.25, 0.3) is 10.2 Å². The second-order valence-corrected chi connectivity index (χ2v) is 8.18. The number of nitrogens with zero attached hydrogens (tertiary/aromatic N) is 2. The maximum Gasteiger partial charge on any atom is 0.326 e. The predicted molar refractivity (Wildman–Crippen MR) is 115 cm³/mol. The van der Waals surface area contributed by atoms with Crippen LogP contribution < -0.4 is 9.54 Å². The number of aromatic nitrogens is 1. The first-order valence-electron chi connectivity index (χ1n) is 9.19. The number of thiazole rings is 1. The number of carbonyl (C=O) groups is 2. The Morgan fingerprint density at radius 2 is 1.93 bits per heavy atom. The number of fused-ring (bicyclic) bond motifs is 1. The van der Waals surface area contributed by atoms with Gasteiger partial charge in [-0.1, -0.05) is 35.6 Å². The molecule has 0 aliphatic rings. The average molecular weight is 431 g/mol. The number of amides is 1. The van der Waals surface area contributed by atoms with Crippen LogP contribution in [-0.2, 0) is 20.9 Å². The van der Waals surface area contributed by atoms with Crippen molar-refractivity contribution < 1.29 is 19.1 Å². The summed E-state index contributed by atoms with van der Waals surface area (Å²) in [4.78, 5) is 30.4. The summed E-state index contributed by atoms with van der Waals surface area (Å²) in [6.45, 7) is 2.02. The van der Waals surface area contributed by atoms with Crippen molar-refractivity contribution in [2.75, 3.05) is 19.5 Å². The third kappa shape index (κ3) is 5.48. The van der Waals surface area contributed by atoms with E-state index >= 15 is 0 Å². The molecule has 29 heavy (non-hydrogen) atoms. The molecular formula is C21H22N2O4S2. The Bertz CT molecular complexity index is 1060. The van der Waals surface area contributed by atoms with Crippen LogP contribution in [0, 0.1) is 0 Å². The number of para-hydroxylation sites is 1. The van der Waals surface area contributed by atoms with Crippen molar-refractivity contribution in [3.05, 3.63) is 53.3 Å². The van der Waals surface area contributed by atoms with Gasteiger partial charge < -0.3 is 14.0 Å². The van der Waals surface area contributed by atoms with Crippen LogP contribution in [0.2, 0.25) is 0 Å². The Kier molecular flexibility index (Phi) is 7.48. The fourth-order valence-electron chi connectivity index (χ4n) is 2.77. The molecule has 3 aromatic rings. The third-order valence-electron chi connectivity index (χ3n) is 4.02. The molecule has 8 heteroatoms. The first-order valence-corrected chi connectivity index (χ1v) is 11.0. The van der Waals surface area contributed by atoms with E-state index in [-0.39, 0.29) is 18.4 Å². The summed E-state index contributed by atoms with van der Waals surface area (Å²) >= 11 is 2.97. The van der Waals surface area contributed by atoms with Gasteiger partial charge in [0.2, 0.25) is 5.91 Å². The number of hydrogen-bond donors (Lipinski definition) is 0. The monoisotopic (exact) mass is 430 g/mol. The van der Waals surface area contributed by atoms with Gasteiger partial charge in [-0.3, -0.25) is 9.59 Å². The van der Waals surface area contributed by atoms with Crippen LogP contribution >= 0.6 is 23.1 Å². The molecule has 0 aliphatic carbocycles. The van der Waals surface area contributed by atoms with Crippen LogP contribution in [0.4, 0.5) is 0 Å². The Labute approximate surface area is 177 Å². The number of benzene rings is 2. The molecule has 0 aliphatic heterocycles. The van der Waals surface area contributed by atoms with Crippen molar-refractivity contribution in [3.8, 4) is 5.75 Å². The largest absolute Gasteiger partial charge is 0.495 e. The molecule has 0 N–H and O–H groups in total. The molecule has 0 radical (unpaired) electrons. The Balaban J connectivity index is 1.86. The number of ether oxygens (including phenoxy) is 2. The quantitative estimate of drug-likeness (QED) is 0.401. The highest BCUT2D eigenvalue weighted by Crippen LogP contribution is 2.27. The number of esters is 1. The molecule has 1 heterocycles. The van der Waals surface area contributed by atoms with E-state index in [1.807, 2.05) is 48.5 Å². The molecule has 6 nitrogen and oxygen atoms in total. The van der Waals surface area contributed by atoms with Gasteiger partial charge in [-0.05, 0) is 31.2 Å². The minimum Gasteiger partial charge on any atom is -0.495 e. The van der Waals surface area contributed by atoms with Crippen molar-refractivity contribution in [1.82, 2.24) is 4.57 Å². The zero-order valence-electron chi connectivity index (χ0n) is 16.3. The second kappa shape index (κ2) is 10.3. The summed E-state index contributed by atoms with van der Waals surface area (Å²) in [6, 6.07) is 15.5. The first-order chi connectivity index (χ1) is 14.1. The Hall–Kier alpha value is -2.58. The molecule has 0 spiro atoms. The molecule has 1 aromatic heterocycles. The van der Waals surface area contributed by atoms with E-state index < -0.39 is 0 Å². The maximum absolute atomic E-state index is 12.5. The van der Waals surface area contributed by atoms with E-state index in [1.165, 1.54) is 11.3 Å². The van der Waals surface area contributed by atoms with E-state index in [9.17, 15) is 9.59 Å². The summed E-state index contributed by atoms with van der Waals surface area (Å²) < 4.78 is 13.1. The normalized spacial score (nSPS) is 11.6. The molecule has 0 atom stereocenters. The molecule has 2 aromatic carbocycles. The summed E-state index contributed by atoms with van der Waals surface area (Å²) in [5.74, 6) is 0.651. The fraction of sp³-hybridized carbons (Fsp3) is 0.286. The average Bonchev–Trinajstić information content (AvgIpc) is 3.06. The molecule has 3 rings (SSSR count). The van der Waals surface area contributed by atoms with Crippen molar-refractivity contribution in [2.45, 2.75) is 24.8 Å². The minimum atomic E-state index is -0.383. The standard InChI is InChI=1S/C21H22N2O4S2/c1-3-27-19(25)14-23-20-16(26-2)10-7-11-17(20)29-21(23)22-18(24)12-13-28-15-8-5-4-6-9-15/h4-11H,3,12-14H2,1-2H3. The minimum absolute atomic E-state index is 0.0287. The van der Waals surface area contributed by atoms with Gasteiger partial charge in [-0.2, -0.15) is 4.99 Å². The number of thioether (sulfide) groups is 1. The number of hydrogen-bond acceptors (Lipinski definition) is 6. The summed E-state index contributed by atoms with van der Waals surface area (Å²) in [7, 11) is 1.57. The lowest BCUT2D eigenvalue weighted by molar-refractivity contribution is -0.143. The van der Waals surface area contributed by atoms with E-state index in [1.54, 1.807) is 30.4 Å².